The minimum absolute atomic E-state index is 0. The van der Waals surface area contributed by atoms with Gasteiger partial charge >= 0.3 is 6.03 Å². The largest absolute Gasteiger partial charge is 0.489 e. The first-order chi connectivity index (χ1) is 15.5. The van der Waals surface area contributed by atoms with Crippen LogP contribution in [-0.4, -0.2) is 53.1 Å². The molecule has 3 aromatic rings. The van der Waals surface area contributed by atoms with E-state index in [0.717, 1.165) is 5.56 Å². The molecule has 1 aliphatic heterocycles. The van der Waals surface area contributed by atoms with E-state index in [9.17, 15) is 13.6 Å². The second-order valence-corrected chi connectivity index (χ2v) is 7.71. The molecule has 0 bridgehead atoms. The molecular weight excluding hydrogens is 477 g/mol. The van der Waals surface area contributed by atoms with E-state index < -0.39 is 5.82 Å². The monoisotopic (exact) mass is 498 g/mol. The number of ether oxygens (including phenoxy) is 2. The summed E-state index contributed by atoms with van der Waals surface area (Å²) in [6, 6.07) is 9.77. The van der Waals surface area contributed by atoms with Gasteiger partial charge in [0.2, 0.25) is 0 Å². The van der Waals surface area contributed by atoms with E-state index in [4.69, 9.17) is 21.1 Å². The lowest BCUT2D eigenvalue weighted by Gasteiger charge is -2.32. The maximum atomic E-state index is 13.2. The number of carbonyl (C=O) groups excluding carboxylic acids is 1. The molecule has 4 rings (SSSR count). The van der Waals surface area contributed by atoms with Gasteiger partial charge in [-0.05, 0) is 35.9 Å². The molecule has 1 unspecified atom stereocenters. The van der Waals surface area contributed by atoms with E-state index in [0.29, 0.717) is 37.7 Å². The van der Waals surface area contributed by atoms with Gasteiger partial charge in [0.05, 0.1) is 36.6 Å². The van der Waals surface area contributed by atoms with Crippen molar-refractivity contribution in [1.29, 1.82) is 0 Å². The van der Waals surface area contributed by atoms with Gasteiger partial charge in [-0.2, -0.15) is 5.10 Å². The van der Waals surface area contributed by atoms with Crippen LogP contribution in [0.4, 0.5) is 19.3 Å². The third kappa shape index (κ3) is 6.80. The van der Waals surface area contributed by atoms with Gasteiger partial charge in [-0.25, -0.2) is 13.6 Å². The van der Waals surface area contributed by atoms with E-state index in [-0.39, 0.29) is 42.0 Å². The van der Waals surface area contributed by atoms with Crippen LogP contribution in [0, 0.1) is 11.6 Å². The van der Waals surface area contributed by atoms with Crippen molar-refractivity contribution in [2.75, 3.05) is 31.6 Å². The molecule has 1 saturated heterocycles. The average Bonchev–Trinajstić information content (AvgIpc) is 3.21. The number of hydrogen-bond donors (Lipinski definition) is 1. The quantitative estimate of drug-likeness (QED) is 0.539. The summed E-state index contributed by atoms with van der Waals surface area (Å²) in [6.07, 6.45) is 2.91. The van der Waals surface area contributed by atoms with Crippen molar-refractivity contribution in [3.63, 3.8) is 0 Å². The third-order valence-corrected chi connectivity index (χ3v) is 5.18. The number of anilines is 1. The summed E-state index contributed by atoms with van der Waals surface area (Å²) in [6.45, 7) is 1.75. The van der Waals surface area contributed by atoms with Gasteiger partial charge in [0.25, 0.3) is 0 Å². The van der Waals surface area contributed by atoms with Crippen LogP contribution in [0.15, 0.2) is 54.9 Å². The molecular formula is C22H22Cl2F2N4O3. The predicted molar refractivity (Wildman–Crippen MR) is 122 cm³/mol. The fourth-order valence-electron chi connectivity index (χ4n) is 3.27. The zero-order valence-corrected chi connectivity index (χ0v) is 19.0. The number of urea groups is 1. The summed E-state index contributed by atoms with van der Waals surface area (Å²) >= 11 is 5.97. The van der Waals surface area contributed by atoms with Crippen molar-refractivity contribution in [1.82, 2.24) is 14.7 Å². The first-order valence-electron chi connectivity index (χ1n) is 9.98. The molecule has 0 aliphatic carbocycles. The third-order valence-electron chi connectivity index (χ3n) is 4.89. The normalized spacial score (nSPS) is 15.6. The number of amides is 2. The van der Waals surface area contributed by atoms with Crippen LogP contribution in [0.25, 0.3) is 0 Å². The summed E-state index contributed by atoms with van der Waals surface area (Å²) in [5.41, 5.74) is 1.44. The predicted octanol–water partition coefficient (Wildman–Crippen LogP) is 4.60. The Morgan fingerprint density at radius 3 is 2.73 bits per heavy atom. The Morgan fingerprint density at radius 1 is 1.21 bits per heavy atom. The highest BCUT2D eigenvalue weighted by molar-refractivity contribution is 6.32. The number of nitrogens with one attached hydrogen (secondary N) is 1. The highest BCUT2D eigenvalue weighted by Crippen LogP contribution is 2.25. The van der Waals surface area contributed by atoms with Gasteiger partial charge in [0, 0.05) is 12.7 Å². The topological polar surface area (TPSA) is 68.6 Å². The molecule has 7 nitrogen and oxygen atoms in total. The lowest BCUT2D eigenvalue weighted by Crippen LogP contribution is -2.49. The zero-order chi connectivity index (χ0) is 22.5. The number of nitrogens with zero attached hydrogens (tertiary/aromatic N) is 3. The molecule has 0 saturated carbocycles. The number of rotatable bonds is 6. The van der Waals surface area contributed by atoms with Crippen molar-refractivity contribution in [3.8, 4) is 5.75 Å². The standard InChI is InChI=1S/C22H21ClF2N4O3.ClH/c23-20-9-17(25)5-6-21(20)32-14-19-13-28(7-8-31-19)22(30)27-18-10-26-29(12-18)11-15-1-3-16(24)4-2-15;/h1-6,9-10,12,19H,7-8,11,13-14H2,(H,27,30);1H. The summed E-state index contributed by atoms with van der Waals surface area (Å²) in [4.78, 5) is 14.3. The molecule has 2 aromatic carbocycles. The highest BCUT2D eigenvalue weighted by atomic mass is 35.5. The van der Waals surface area contributed by atoms with Crippen molar-refractivity contribution >= 4 is 35.7 Å². The molecule has 1 aliphatic rings. The molecule has 1 aromatic heterocycles. The van der Waals surface area contributed by atoms with E-state index in [1.54, 1.807) is 34.1 Å². The fourth-order valence-corrected chi connectivity index (χ4v) is 3.50. The molecule has 2 heterocycles. The molecule has 2 amide bonds. The van der Waals surface area contributed by atoms with Crippen molar-refractivity contribution < 1.29 is 23.0 Å². The lowest BCUT2D eigenvalue weighted by molar-refractivity contribution is -0.0336. The van der Waals surface area contributed by atoms with E-state index in [2.05, 4.69) is 10.4 Å². The highest BCUT2D eigenvalue weighted by Gasteiger charge is 2.25. The van der Waals surface area contributed by atoms with Crippen molar-refractivity contribution in [2.45, 2.75) is 12.6 Å². The van der Waals surface area contributed by atoms with Gasteiger partial charge in [-0.15, -0.1) is 12.4 Å². The van der Waals surface area contributed by atoms with Crippen LogP contribution in [0.3, 0.4) is 0 Å². The van der Waals surface area contributed by atoms with Gasteiger partial charge in [0.15, 0.2) is 0 Å². The second kappa shape index (κ2) is 11.3. The van der Waals surface area contributed by atoms with Gasteiger partial charge in [0.1, 0.15) is 30.1 Å². The van der Waals surface area contributed by atoms with E-state index in [1.165, 1.54) is 30.3 Å². The summed E-state index contributed by atoms with van der Waals surface area (Å²) < 4.78 is 39.1. The Balaban J connectivity index is 0.00000306. The number of halogens is 4. The number of hydrogen-bond acceptors (Lipinski definition) is 4. The van der Waals surface area contributed by atoms with Crippen molar-refractivity contribution in [2.24, 2.45) is 0 Å². The van der Waals surface area contributed by atoms with Crippen LogP contribution >= 0.6 is 24.0 Å². The van der Waals surface area contributed by atoms with Gasteiger partial charge in [-0.3, -0.25) is 4.68 Å². The van der Waals surface area contributed by atoms with Crippen LogP contribution < -0.4 is 10.1 Å². The molecule has 11 heteroatoms. The van der Waals surface area contributed by atoms with Crippen molar-refractivity contribution in [3.05, 3.63) is 77.1 Å². The maximum absolute atomic E-state index is 13.2. The van der Waals surface area contributed by atoms with Gasteiger partial charge in [-0.1, -0.05) is 23.7 Å². The number of aromatic nitrogens is 2. The number of benzene rings is 2. The molecule has 1 N–H and O–H groups in total. The Morgan fingerprint density at radius 2 is 1.97 bits per heavy atom. The van der Waals surface area contributed by atoms with Gasteiger partial charge < -0.3 is 19.7 Å². The summed E-state index contributed by atoms with van der Waals surface area (Å²) in [5, 5.41) is 7.23. The second-order valence-electron chi connectivity index (χ2n) is 7.31. The summed E-state index contributed by atoms with van der Waals surface area (Å²) in [5.74, 6) is -0.385. The molecule has 176 valence electrons. The minimum atomic E-state index is -0.444. The molecule has 1 fully saturated rings. The van der Waals surface area contributed by atoms with Crippen LogP contribution in [0.5, 0.6) is 5.75 Å². The number of carbonyl (C=O) groups is 1. The van der Waals surface area contributed by atoms with Crippen LogP contribution in [-0.2, 0) is 11.3 Å². The Labute approximate surface area is 200 Å². The number of morpholine rings is 1. The Hall–Kier alpha value is -2.88. The fraction of sp³-hybridized carbons (Fsp3) is 0.273. The maximum Gasteiger partial charge on any atom is 0.322 e. The Kier molecular flexibility index (Phi) is 8.49. The smallest absolute Gasteiger partial charge is 0.322 e. The molecule has 33 heavy (non-hydrogen) atoms. The van der Waals surface area contributed by atoms with E-state index >= 15 is 0 Å². The zero-order valence-electron chi connectivity index (χ0n) is 17.4. The van der Waals surface area contributed by atoms with Crippen LogP contribution in [0.1, 0.15) is 5.56 Å². The minimum Gasteiger partial charge on any atom is -0.489 e. The first kappa shape index (κ1) is 24.8. The SMILES string of the molecule is Cl.O=C(Nc1cnn(Cc2ccc(F)cc2)c1)N1CCOC(COc2ccc(F)cc2Cl)C1. The van der Waals surface area contributed by atoms with Crippen LogP contribution in [0.2, 0.25) is 5.02 Å². The first-order valence-corrected chi connectivity index (χ1v) is 10.4. The Bertz CT molecular complexity index is 1080. The average molecular weight is 499 g/mol. The molecule has 1 atom stereocenters. The van der Waals surface area contributed by atoms with E-state index in [1.807, 2.05) is 0 Å². The lowest BCUT2D eigenvalue weighted by atomic mass is 10.2. The summed E-state index contributed by atoms with van der Waals surface area (Å²) in [7, 11) is 0. The molecule has 0 radical (unpaired) electrons. The molecule has 0 spiro atoms.